The van der Waals surface area contributed by atoms with Gasteiger partial charge in [-0.1, -0.05) is 42.5 Å². The van der Waals surface area contributed by atoms with Crippen molar-refractivity contribution < 1.29 is 14.3 Å². The van der Waals surface area contributed by atoms with Crippen LogP contribution in [0.4, 0.5) is 0 Å². The van der Waals surface area contributed by atoms with Gasteiger partial charge in [-0.3, -0.25) is 14.7 Å². The number of rotatable bonds is 7. The number of likely N-dealkylation sites (tertiary alicyclic amines) is 1. The fourth-order valence-corrected chi connectivity index (χ4v) is 4.16. The maximum absolute atomic E-state index is 12.8. The van der Waals surface area contributed by atoms with Crippen LogP contribution in [0.3, 0.4) is 0 Å². The van der Waals surface area contributed by atoms with E-state index < -0.39 is 0 Å². The minimum atomic E-state index is -0.155. The van der Waals surface area contributed by atoms with Crippen molar-refractivity contribution in [1.82, 2.24) is 15.2 Å². The Labute approximate surface area is 182 Å². The zero-order valence-electron chi connectivity index (χ0n) is 17.8. The van der Waals surface area contributed by atoms with E-state index in [9.17, 15) is 4.79 Å². The number of pyridine rings is 1. The van der Waals surface area contributed by atoms with Gasteiger partial charge in [-0.25, -0.2) is 0 Å². The quantitative estimate of drug-likeness (QED) is 0.638. The Morgan fingerprint density at radius 3 is 2.48 bits per heavy atom. The standard InChI is InChI=1S/C25H27N3O3/c1-30-23-12-11-19(14-24(23)31-2)20-16-28(15-18-8-4-3-5-9-18)17-22(20)27-25(29)21-10-6-7-13-26-21/h3-14,20,22H,15-17H2,1-2H3,(H,27,29)/t20-,22+/m1/s1. The molecule has 0 spiro atoms. The average Bonchev–Trinajstić information content (AvgIpc) is 3.21. The van der Waals surface area contributed by atoms with Gasteiger partial charge in [-0.15, -0.1) is 0 Å². The van der Waals surface area contributed by atoms with Crippen molar-refractivity contribution in [2.75, 3.05) is 27.3 Å². The van der Waals surface area contributed by atoms with Gasteiger partial charge in [0.05, 0.1) is 14.2 Å². The molecule has 3 aromatic rings. The van der Waals surface area contributed by atoms with Crippen LogP contribution in [0.1, 0.15) is 27.5 Å². The lowest BCUT2D eigenvalue weighted by Crippen LogP contribution is -2.40. The highest BCUT2D eigenvalue weighted by Gasteiger charge is 2.35. The van der Waals surface area contributed by atoms with E-state index in [1.54, 1.807) is 32.5 Å². The monoisotopic (exact) mass is 417 g/mol. The number of amides is 1. The molecule has 0 unspecified atom stereocenters. The number of nitrogens with one attached hydrogen (secondary N) is 1. The van der Waals surface area contributed by atoms with Gasteiger partial charge < -0.3 is 14.8 Å². The highest BCUT2D eigenvalue weighted by atomic mass is 16.5. The van der Waals surface area contributed by atoms with Gasteiger partial charge >= 0.3 is 0 Å². The number of methoxy groups -OCH3 is 2. The molecule has 0 saturated carbocycles. The van der Waals surface area contributed by atoms with Crippen molar-refractivity contribution in [3.8, 4) is 11.5 Å². The van der Waals surface area contributed by atoms with Crippen LogP contribution >= 0.6 is 0 Å². The molecular formula is C25H27N3O3. The van der Waals surface area contributed by atoms with E-state index in [0.717, 1.165) is 25.2 Å². The molecule has 2 atom stereocenters. The maximum atomic E-state index is 12.8. The second kappa shape index (κ2) is 9.62. The van der Waals surface area contributed by atoms with Gasteiger partial charge in [0.15, 0.2) is 11.5 Å². The van der Waals surface area contributed by atoms with Crippen LogP contribution in [0.2, 0.25) is 0 Å². The van der Waals surface area contributed by atoms with Gasteiger partial charge in [-0.05, 0) is 35.4 Å². The lowest BCUT2D eigenvalue weighted by molar-refractivity contribution is 0.0930. The van der Waals surface area contributed by atoms with E-state index in [1.165, 1.54) is 5.56 Å². The van der Waals surface area contributed by atoms with Crippen LogP contribution in [0.25, 0.3) is 0 Å². The van der Waals surface area contributed by atoms with E-state index in [2.05, 4.69) is 45.5 Å². The molecule has 1 N–H and O–H groups in total. The molecule has 1 aromatic heterocycles. The lowest BCUT2D eigenvalue weighted by atomic mass is 9.93. The summed E-state index contributed by atoms with van der Waals surface area (Å²) in [6, 6.07) is 21.7. The molecule has 1 saturated heterocycles. The predicted molar refractivity (Wildman–Crippen MR) is 119 cm³/mol. The zero-order chi connectivity index (χ0) is 21.6. The summed E-state index contributed by atoms with van der Waals surface area (Å²) in [6.45, 7) is 2.42. The van der Waals surface area contributed by atoms with Crippen molar-refractivity contribution in [2.45, 2.75) is 18.5 Å². The largest absolute Gasteiger partial charge is 0.493 e. The first-order chi connectivity index (χ1) is 15.2. The SMILES string of the molecule is COc1ccc([C@H]2CN(Cc3ccccc3)C[C@@H]2NC(=O)c2ccccn2)cc1OC. The molecule has 0 bridgehead atoms. The smallest absolute Gasteiger partial charge is 0.270 e. The van der Waals surface area contributed by atoms with Crippen LogP contribution < -0.4 is 14.8 Å². The van der Waals surface area contributed by atoms with Crippen LogP contribution in [-0.2, 0) is 6.54 Å². The Morgan fingerprint density at radius 1 is 1.00 bits per heavy atom. The molecule has 31 heavy (non-hydrogen) atoms. The lowest BCUT2D eigenvalue weighted by Gasteiger charge is -2.21. The highest BCUT2D eigenvalue weighted by Crippen LogP contribution is 2.35. The molecule has 0 radical (unpaired) electrons. The molecule has 1 amide bonds. The number of benzene rings is 2. The first-order valence-electron chi connectivity index (χ1n) is 10.4. The number of carbonyl (C=O) groups is 1. The fourth-order valence-electron chi connectivity index (χ4n) is 4.16. The first kappa shape index (κ1) is 20.9. The van der Waals surface area contributed by atoms with Gasteiger partial charge in [0.2, 0.25) is 0 Å². The van der Waals surface area contributed by atoms with Crippen molar-refractivity contribution in [2.24, 2.45) is 0 Å². The Bertz CT molecular complexity index is 1010. The van der Waals surface area contributed by atoms with E-state index in [-0.39, 0.29) is 17.9 Å². The molecule has 160 valence electrons. The number of hydrogen-bond donors (Lipinski definition) is 1. The normalized spacial score (nSPS) is 18.5. The molecule has 0 aliphatic carbocycles. The highest BCUT2D eigenvalue weighted by molar-refractivity contribution is 5.92. The van der Waals surface area contributed by atoms with Crippen molar-refractivity contribution in [1.29, 1.82) is 0 Å². The molecule has 4 rings (SSSR count). The summed E-state index contributed by atoms with van der Waals surface area (Å²) in [7, 11) is 3.27. The fraction of sp³-hybridized carbons (Fsp3) is 0.280. The summed E-state index contributed by atoms with van der Waals surface area (Å²) in [5, 5.41) is 3.21. The number of carbonyl (C=O) groups excluding carboxylic acids is 1. The third-order valence-electron chi connectivity index (χ3n) is 5.69. The van der Waals surface area contributed by atoms with Gasteiger partial charge in [0.25, 0.3) is 5.91 Å². The van der Waals surface area contributed by atoms with Gasteiger partial charge in [0, 0.05) is 37.8 Å². The van der Waals surface area contributed by atoms with Crippen LogP contribution in [0, 0.1) is 0 Å². The van der Waals surface area contributed by atoms with Gasteiger partial charge in [-0.2, -0.15) is 0 Å². The Morgan fingerprint density at radius 2 is 1.77 bits per heavy atom. The molecule has 1 aliphatic rings. The van der Waals surface area contributed by atoms with E-state index in [1.807, 2.05) is 24.3 Å². The van der Waals surface area contributed by atoms with Crippen LogP contribution in [0.5, 0.6) is 11.5 Å². The molecule has 2 heterocycles. The van der Waals surface area contributed by atoms with Crippen LogP contribution in [-0.4, -0.2) is 49.1 Å². The van der Waals surface area contributed by atoms with Crippen LogP contribution in [0.15, 0.2) is 72.9 Å². The third kappa shape index (κ3) is 4.86. The predicted octanol–water partition coefficient (Wildman–Crippen LogP) is 3.50. The van der Waals surface area contributed by atoms with E-state index >= 15 is 0 Å². The summed E-state index contributed by atoms with van der Waals surface area (Å²) in [5.74, 6) is 1.35. The Hall–Kier alpha value is -3.38. The summed E-state index contributed by atoms with van der Waals surface area (Å²) >= 11 is 0. The Balaban J connectivity index is 1.58. The minimum absolute atomic E-state index is 0.0451. The second-order valence-corrected chi connectivity index (χ2v) is 7.70. The van der Waals surface area contributed by atoms with E-state index in [4.69, 9.17) is 9.47 Å². The first-order valence-corrected chi connectivity index (χ1v) is 10.4. The third-order valence-corrected chi connectivity index (χ3v) is 5.69. The van der Waals surface area contributed by atoms with Crippen molar-refractivity contribution >= 4 is 5.91 Å². The number of hydrogen-bond acceptors (Lipinski definition) is 5. The average molecular weight is 418 g/mol. The van der Waals surface area contributed by atoms with E-state index in [0.29, 0.717) is 17.2 Å². The summed E-state index contributed by atoms with van der Waals surface area (Å²) < 4.78 is 10.9. The number of nitrogens with zero attached hydrogens (tertiary/aromatic N) is 2. The topological polar surface area (TPSA) is 63.7 Å². The Kier molecular flexibility index (Phi) is 6.48. The molecule has 1 aliphatic heterocycles. The van der Waals surface area contributed by atoms with Gasteiger partial charge in [0.1, 0.15) is 5.69 Å². The molecule has 1 fully saturated rings. The van der Waals surface area contributed by atoms with Crippen molar-refractivity contribution in [3.05, 3.63) is 89.7 Å². The number of ether oxygens (including phenoxy) is 2. The maximum Gasteiger partial charge on any atom is 0.270 e. The second-order valence-electron chi connectivity index (χ2n) is 7.70. The molecule has 6 heteroatoms. The molecule has 6 nitrogen and oxygen atoms in total. The summed E-state index contributed by atoms with van der Waals surface area (Å²) in [6.07, 6.45) is 1.64. The zero-order valence-corrected chi connectivity index (χ0v) is 17.8. The minimum Gasteiger partial charge on any atom is -0.493 e. The molecular weight excluding hydrogens is 390 g/mol. The van der Waals surface area contributed by atoms with Crippen molar-refractivity contribution in [3.63, 3.8) is 0 Å². The summed E-state index contributed by atoms with van der Waals surface area (Å²) in [5.41, 5.74) is 2.79. The summed E-state index contributed by atoms with van der Waals surface area (Å²) in [4.78, 5) is 19.4. The molecule has 2 aromatic carbocycles. The number of aromatic nitrogens is 1.